The first-order valence-corrected chi connectivity index (χ1v) is 7.92. The number of nitrogen functional groups attached to an aromatic ring is 1. The normalized spacial score (nSPS) is 23.0. The van der Waals surface area contributed by atoms with Crippen LogP contribution in [0.5, 0.6) is 0 Å². The van der Waals surface area contributed by atoms with E-state index in [0.717, 1.165) is 10.5 Å². The molecule has 1 aliphatic rings. The average Bonchev–Trinajstić information content (AvgIpc) is 2.49. The third kappa shape index (κ3) is 3.65. The Morgan fingerprint density at radius 2 is 2.12 bits per heavy atom. The number of aromatic nitrogens is 1. The molecule has 0 saturated carbocycles. The highest BCUT2D eigenvalue weighted by molar-refractivity contribution is 5.96. The number of nitrogens with two attached hydrogens (primary N) is 1. The van der Waals surface area contributed by atoms with Crippen LogP contribution in [0.25, 0.3) is 0 Å². The van der Waals surface area contributed by atoms with Crippen molar-refractivity contribution in [3.63, 3.8) is 0 Å². The summed E-state index contributed by atoms with van der Waals surface area (Å²) in [6.45, 7) is 5.80. The molecule has 1 fully saturated rings. The second kappa shape index (κ2) is 7.14. The van der Waals surface area contributed by atoms with E-state index in [1.165, 1.54) is 6.20 Å². The zero-order chi connectivity index (χ0) is 18.0. The summed E-state index contributed by atoms with van der Waals surface area (Å²) in [5.74, 6) is -1.71. The van der Waals surface area contributed by atoms with Gasteiger partial charge in [0.15, 0.2) is 6.35 Å². The van der Waals surface area contributed by atoms with Crippen molar-refractivity contribution in [2.24, 2.45) is 11.8 Å². The van der Waals surface area contributed by atoms with E-state index in [0.29, 0.717) is 5.82 Å². The molecule has 0 aliphatic carbocycles. The highest BCUT2D eigenvalue weighted by Gasteiger charge is 2.54. The molecule has 2 heterocycles. The van der Waals surface area contributed by atoms with E-state index in [1.54, 1.807) is 12.1 Å². The fourth-order valence-electron chi connectivity index (χ4n) is 2.72. The van der Waals surface area contributed by atoms with Gasteiger partial charge >= 0.3 is 5.97 Å². The molecule has 1 aromatic rings. The van der Waals surface area contributed by atoms with Crippen molar-refractivity contribution in [1.82, 2.24) is 15.2 Å². The molecule has 8 heteroatoms. The Bertz CT molecular complexity index is 622. The topological polar surface area (TPSA) is 129 Å². The van der Waals surface area contributed by atoms with Crippen molar-refractivity contribution in [2.75, 3.05) is 5.73 Å². The Kier molecular flexibility index (Phi) is 5.40. The highest BCUT2D eigenvalue weighted by Crippen LogP contribution is 2.31. The van der Waals surface area contributed by atoms with Crippen LogP contribution in [0, 0.1) is 11.8 Å². The number of nitrogens with one attached hydrogen (secondary N) is 1. The van der Waals surface area contributed by atoms with Crippen molar-refractivity contribution in [2.45, 2.75) is 45.6 Å². The van der Waals surface area contributed by atoms with Gasteiger partial charge in [0.05, 0.1) is 5.92 Å². The van der Waals surface area contributed by atoms with Crippen LogP contribution < -0.4 is 11.1 Å². The Labute approximate surface area is 140 Å². The number of aliphatic carboxylic acids is 1. The van der Waals surface area contributed by atoms with Gasteiger partial charge in [0.1, 0.15) is 11.9 Å². The number of likely N-dealkylation sites (tertiary alicyclic amines) is 1. The zero-order valence-corrected chi connectivity index (χ0v) is 14.0. The van der Waals surface area contributed by atoms with Crippen LogP contribution in [0.2, 0.25) is 0 Å². The van der Waals surface area contributed by atoms with E-state index in [4.69, 9.17) is 5.73 Å². The van der Waals surface area contributed by atoms with Crippen LogP contribution in [0.4, 0.5) is 5.82 Å². The summed E-state index contributed by atoms with van der Waals surface area (Å²) < 4.78 is 0. The Balaban J connectivity index is 2.10. The molecule has 0 spiro atoms. The van der Waals surface area contributed by atoms with Crippen LogP contribution in [0.15, 0.2) is 18.3 Å². The van der Waals surface area contributed by atoms with Gasteiger partial charge < -0.3 is 15.9 Å². The molecule has 1 saturated heterocycles. The lowest BCUT2D eigenvalue weighted by atomic mass is 9.82. The van der Waals surface area contributed by atoms with Crippen molar-refractivity contribution in [3.8, 4) is 0 Å². The Morgan fingerprint density at radius 3 is 2.67 bits per heavy atom. The number of β-lactam (4-membered cyclic amide) rings is 1. The first kappa shape index (κ1) is 18.2. The van der Waals surface area contributed by atoms with Crippen LogP contribution in [-0.2, 0) is 16.0 Å². The Hall–Kier alpha value is -2.19. The van der Waals surface area contributed by atoms with Gasteiger partial charge in [-0.25, -0.2) is 9.78 Å². The fraction of sp³-hybridized carbons (Fsp3) is 0.562. The highest BCUT2D eigenvalue weighted by atomic mass is 16.4. The summed E-state index contributed by atoms with van der Waals surface area (Å²) >= 11 is 0. The molecule has 0 bridgehead atoms. The number of rotatable bonds is 7. The van der Waals surface area contributed by atoms with Crippen LogP contribution in [0.1, 0.15) is 26.3 Å². The molecule has 1 unspecified atom stereocenters. The van der Waals surface area contributed by atoms with Gasteiger partial charge in [0.2, 0.25) is 5.91 Å². The SMILES string of the molecule is CC(C)[C@@H](C)NC(O)N1C(=O)[C@H](Cc2ccnc(N)c2)[C@H]1C(=O)O. The Morgan fingerprint density at radius 1 is 1.46 bits per heavy atom. The number of aliphatic hydroxyl groups excluding tert-OH is 1. The molecule has 132 valence electrons. The number of hydrogen-bond acceptors (Lipinski definition) is 6. The lowest BCUT2D eigenvalue weighted by Crippen LogP contribution is -2.71. The molecule has 5 N–H and O–H groups in total. The maximum absolute atomic E-state index is 12.4. The minimum atomic E-state index is -1.32. The molecule has 1 aliphatic heterocycles. The number of amides is 1. The van der Waals surface area contributed by atoms with E-state index < -0.39 is 30.2 Å². The van der Waals surface area contributed by atoms with E-state index in [-0.39, 0.29) is 18.4 Å². The number of aliphatic hydroxyl groups is 1. The maximum atomic E-state index is 12.4. The number of anilines is 1. The summed E-state index contributed by atoms with van der Waals surface area (Å²) in [4.78, 5) is 28.8. The van der Waals surface area contributed by atoms with E-state index in [1.807, 2.05) is 20.8 Å². The number of carbonyl (C=O) groups is 2. The van der Waals surface area contributed by atoms with Gasteiger partial charge in [-0.1, -0.05) is 13.8 Å². The molecule has 2 rings (SSSR count). The van der Waals surface area contributed by atoms with Crippen molar-refractivity contribution in [1.29, 1.82) is 0 Å². The van der Waals surface area contributed by atoms with Crippen molar-refractivity contribution >= 4 is 17.7 Å². The quantitative estimate of drug-likeness (QED) is 0.408. The fourth-order valence-corrected chi connectivity index (χ4v) is 2.72. The molecular weight excluding hydrogens is 312 g/mol. The summed E-state index contributed by atoms with van der Waals surface area (Å²) in [5.41, 5.74) is 6.35. The minimum Gasteiger partial charge on any atom is -0.480 e. The summed E-state index contributed by atoms with van der Waals surface area (Å²) in [6, 6.07) is 2.17. The number of carboxylic acids is 1. The molecular formula is C16H24N4O4. The van der Waals surface area contributed by atoms with Crippen LogP contribution in [0.3, 0.4) is 0 Å². The first-order chi connectivity index (χ1) is 11.2. The lowest BCUT2D eigenvalue weighted by molar-refractivity contribution is -0.191. The van der Waals surface area contributed by atoms with E-state index in [9.17, 15) is 19.8 Å². The maximum Gasteiger partial charge on any atom is 0.327 e. The average molecular weight is 336 g/mol. The molecule has 0 radical (unpaired) electrons. The van der Waals surface area contributed by atoms with Gasteiger partial charge in [-0.3, -0.25) is 15.0 Å². The van der Waals surface area contributed by atoms with Gasteiger partial charge in [-0.15, -0.1) is 0 Å². The van der Waals surface area contributed by atoms with E-state index >= 15 is 0 Å². The first-order valence-electron chi connectivity index (χ1n) is 7.92. The number of carbonyl (C=O) groups excluding carboxylic acids is 1. The van der Waals surface area contributed by atoms with Gasteiger partial charge in [0.25, 0.3) is 0 Å². The molecule has 24 heavy (non-hydrogen) atoms. The minimum absolute atomic E-state index is 0.0682. The van der Waals surface area contributed by atoms with Gasteiger partial charge in [0, 0.05) is 12.2 Å². The molecule has 8 nitrogen and oxygen atoms in total. The predicted octanol–water partition coefficient (Wildman–Crippen LogP) is 0.0279. The van der Waals surface area contributed by atoms with Gasteiger partial charge in [-0.2, -0.15) is 0 Å². The molecule has 4 atom stereocenters. The van der Waals surface area contributed by atoms with Crippen molar-refractivity contribution in [3.05, 3.63) is 23.9 Å². The largest absolute Gasteiger partial charge is 0.480 e. The molecule has 1 amide bonds. The second-order valence-electron chi connectivity index (χ2n) is 6.50. The summed E-state index contributed by atoms with van der Waals surface area (Å²) in [7, 11) is 0. The monoisotopic (exact) mass is 336 g/mol. The zero-order valence-electron chi connectivity index (χ0n) is 14.0. The smallest absolute Gasteiger partial charge is 0.327 e. The number of hydrogen-bond donors (Lipinski definition) is 4. The third-order valence-corrected chi connectivity index (χ3v) is 4.48. The van der Waals surface area contributed by atoms with Crippen molar-refractivity contribution < 1.29 is 19.8 Å². The third-order valence-electron chi connectivity index (χ3n) is 4.48. The lowest BCUT2D eigenvalue weighted by Gasteiger charge is -2.47. The summed E-state index contributed by atoms with van der Waals surface area (Å²) in [5, 5.41) is 22.5. The van der Waals surface area contributed by atoms with Crippen LogP contribution in [-0.4, -0.2) is 50.4 Å². The molecule has 0 aromatic carbocycles. The van der Waals surface area contributed by atoms with E-state index in [2.05, 4.69) is 10.3 Å². The summed E-state index contributed by atoms with van der Waals surface area (Å²) in [6.07, 6.45) is 0.433. The number of nitrogens with zero attached hydrogens (tertiary/aromatic N) is 2. The molecule has 1 aromatic heterocycles. The number of carboxylic acid groups (broad SMARTS) is 1. The van der Waals surface area contributed by atoms with Crippen LogP contribution >= 0.6 is 0 Å². The second-order valence-corrected chi connectivity index (χ2v) is 6.50. The standard InChI is InChI=1S/C16H24N4O4/c1-8(2)9(3)19-16(24)20-13(15(22)23)11(14(20)21)6-10-4-5-18-12(17)7-10/h4-5,7-9,11,13,16,19,24H,6H2,1-3H3,(H2,17,18)(H,22,23)/t9-,11-,13+,16?/m1/s1. The predicted molar refractivity (Wildman–Crippen MR) is 87.6 cm³/mol. The van der Waals surface area contributed by atoms with Gasteiger partial charge in [-0.05, 0) is 37.0 Å². The number of pyridine rings is 1.